The maximum atomic E-state index is 6.32. The first-order valence-electron chi connectivity index (χ1n) is 6.68. The maximum Gasteiger partial charge on any atom is 0.0446 e. The number of hydrogen-bond donors (Lipinski definition) is 3. The molecule has 0 aliphatic rings. The third-order valence-electron chi connectivity index (χ3n) is 3.30. The second kappa shape index (κ2) is 5.65. The van der Waals surface area contributed by atoms with Crippen molar-refractivity contribution in [1.29, 1.82) is 0 Å². The van der Waals surface area contributed by atoms with Gasteiger partial charge in [0, 0.05) is 29.2 Å². The van der Waals surface area contributed by atoms with Crippen molar-refractivity contribution < 1.29 is 0 Å². The Hall–Kier alpha value is -2.16. The van der Waals surface area contributed by atoms with Gasteiger partial charge in [0.05, 0.1) is 0 Å². The van der Waals surface area contributed by atoms with E-state index in [9.17, 15) is 0 Å². The molecule has 0 heterocycles. The molecule has 0 unspecified atom stereocenters. The highest BCUT2D eigenvalue weighted by molar-refractivity contribution is 5.83. The predicted molar refractivity (Wildman–Crippen MR) is 84.2 cm³/mol. The van der Waals surface area contributed by atoms with Crippen LogP contribution < -0.4 is 16.8 Å². The summed E-state index contributed by atoms with van der Waals surface area (Å²) < 4.78 is 0. The van der Waals surface area contributed by atoms with Gasteiger partial charge in [0.2, 0.25) is 0 Å². The monoisotopic (exact) mass is 255 g/mol. The molecule has 3 nitrogen and oxygen atoms in total. The summed E-state index contributed by atoms with van der Waals surface area (Å²) in [4.78, 5) is 0. The number of nitrogen functional groups attached to an aromatic ring is 2. The zero-order valence-corrected chi connectivity index (χ0v) is 11.5. The fraction of sp³-hybridized carbons (Fsp3) is 0.250. The Labute approximate surface area is 114 Å². The molecule has 0 aliphatic heterocycles. The largest absolute Gasteiger partial charge is 0.399 e. The molecule has 0 fully saturated rings. The highest BCUT2D eigenvalue weighted by Crippen LogP contribution is 2.33. The van der Waals surface area contributed by atoms with Crippen LogP contribution in [0.1, 0.15) is 19.4 Å². The Morgan fingerprint density at radius 1 is 0.947 bits per heavy atom. The molecule has 19 heavy (non-hydrogen) atoms. The standard InChI is InChI=1S/C16H21N3/c1-3-13-15(19-4-2)10-9-14(16(13)18)11-5-7-12(17)8-6-11/h5-10,19H,3-4,17-18H2,1-2H3. The maximum absolute atomic E-state index is 6.32. The molecular weight excluding hydrogens is 234 g/mol. The molecule has 0 amide bonds. The van der Waals surface area contributed by atoms with E-state index < -0.39 is 0 Å². The summed E-state index contributed by atoms with van der Waals surface area (Å²) in [6.07, 6.45) is 0.914. The molecule has 0 spiro atoms. The number of nitrogens with two attached hydrogens (primary N) is 2. The van der Waals surface area contributed by atoms with Gasteiger partial charge in [0.15, 0.2) is 0 Å². The van der Waals surface area contributed by atoms with Crippen molar-refractivity contribution in [2.75, 3.05) is 23.3 Å². The van der Waals surface area contributed by atoms with E-state index in [-0.39, 0.29) is 0 Å². The van der Waals surface area contributed by atoms with Crippen molar-refractivity contribution in [2.24, 2.45) is 0 Å². The van der Waals surface area contributed by atoms with Crippen LogP contribution >= 0.6 is 0 Å². The van der Waals surface area contributed by atoms with Gasteiger partial charge >= 0.3 is 0 Å². The van der Waals surface area contributed by atoms with Gasteiger partial charge in [0.1, 0.15) is 0 Å². The van der Waals surface area contributed by atoms with Crippen LogP contribution in [0.2, 0.25) is 0 Å². The molecule has 0 aromatic heterocycles. The summed E-state index contributed by atoms with van der Waals surface area (Å²) in [7, 11) is 0. The van der Waals surface area contributed by atoms with Gasteiger partial charge in [-0.3, -0.25) is 0 Å². The van der Waals surface area contributed by atoms with Gasteiger partial charge in [-0.05, 0) is 42.7 Å². The van der Waals surface area contributed by atoms with E-state index in [4.69, 9.17) is 11.5 Å². The second-order valence-electron chi connectivity index (χ2n) is 4.56. The van der Waals surface area contributed by atoms with Crippen molar-refractivity contribution in [2.45, 2.75) is 20.3 Å². The molecule has 2 rings (SSSR count). The lowest BCUT2D eigenvalue weighted by Gasteiger charge is -2.16. The summed E-state index contributed by atoms with van der Waals surface area (Å²) in [5.41, 5.74) is 18.1. The molecule has 0 radical (unpaired) electrons. The van der Waals surface area contributed by atoms with Crippen LogP contribution in [-0.4, -0.2) is 6.54 Å². The molecule has 5 N–H and O–H groups in total. The van der Waals surface area contributed by atoms with E-state index in [0.717, 1.165) is 41.2 Å². The third kappa shape index (κ3) is 2.65. The predicted octanol–water partition coefficient (Wildman–Crippen LogP) is 3.51. The number of benzene rings is 2. The summed E-state index contributed by atoms with van der Waals surface area (Å²) in [5.74, 6) is 0. The minimum absolute atomic E-state index is 0.766. The van der Waals surface area contributed by atoms with Gasteiger partial charge in [-0.15, -0.1) is 0 Å². The summed E-state index contributed by atoms with van der Waals surface area (Å²) in [5, 5.41) is 3.36. The summed E-state index contributed by atoms with van der Waals surface area (Å²) >= 11 is 0. The van der Waals surface area contributed by atoms with Crippen LogP contribution in [0.25, 0.3) is 11.1 Å². The number of hydrogen-bond acceptors (Lipinski definition) is 3. The molecule has 0 atom stereocenters. The highest BCUT2D eigenvalue weighted by Gasteiger charge is 2.10. The van der Waals surface area contributed by atoms with Crippen molar-refractivity contribution in [1.82, 2.24) is 0 Å². The average Bonchev–Trinajstić information content (AvgIpc) is 2.41. The smallest absolute Gasteiger partial charge is 0.0446 e. The SMILES string of the molecule is CCNc1ccc(-c2ccc(N)cc2)c(N)c1CC. The molecule has 0 bridgehead atoms. The quantitative estimate of drug-likeness (QED) is 0.732. The second-order valence-corrected chi connectivity index (χ2v) is 4.56. The van der Waals surface area contributed by atoms with Crippen molar-refractivity contribution >= 4 is 17.1 Å². The van der Waals surface area contributed by atoms with Gasteiger partial charge in [-0.25, -0.2) is 0 Å². The molecule has 0 aliphatic carbocycles. The Balaban J connectivity index is 2.50. The van der Waals surface area contributed by atoms with Gasteiger partial charge in [-0.1, -0.05) is 25.1 Å². The third-order valence-corrected chi connectivity index (χ3v) is 3.30. The first kappa shape index (κ1) is 13.3. The molecular formula is C16H21N3. The Morgan fingerprint density at radius 2 is 1.63 bits per heavy atom. The summed E-state index contributed by atoms with van der Waals surface area (Å²) in [6.45, 7) is 5.11. The van der Waals surface area contributed by atoms with Crippen LogP contribution in [-0.2, 0) is 6.42 Å². The van der Waals surface area contributed by atoms with E-state index in [2.05, 4.69) is 31.3 Å². The van der Waals surface area contributed by atoms with E-state index in [1.165, 1.54) is 5.56 Å². The van der Waals surface area contributed by atoms with Gasteiger partial charge in [0.25, 0.3) is 0 Å². The normalized spacial score (nSPS) is 10.4. The Morgan fingerprint density at radius 3 is 2.21 bits per heavy atom. The minimum Gasteiger partial charge on any atom is -0.399 e. The van der Waals surface area contributed by atoms with Crippen molar-refractivity contribution in [3.8, 4) is 11.1 Å². The van der Waals surface area contributed by atoms with Crippen LogP contribution in [0.3, 0.4) is 0 Å². The Kier molecular flexibility index (Phi) is 3.95. The zero-order chi connectivity index (χ0) is 13.8. The first-order chi connectivity index (χ1) is 9.17. The number of rotatable bonds is 4. The lowest BCUT2D eigenvalue weighted by molar-refractivity contribution is 1.12. The van der Waals surface area contributed by atoms with Crippen LogP contribution in [0.5, 0.6) is 0 Å². The van der Waals surface area contributed by atoms with Crippen molar-refractivity contribution in [3.05, 3.63) is 42.0 Å². The minimum atomic E-state index is 0.766. The van der Waals surface area contributed by atoms with E-state index in [0.29, 0.717) is 0 Å². The van der Waals surface area contributed by atoms with Gasteiger partial charge in [-0.2, -0.15) is 0 Å². The van der Waals surface area contributed by atoms with Crippen molar-refractivity contribution in [3.63, 3.8) is 0 Å². The van der Waals surface area contributed by atoms with Crippen LogP contribution in [0, 0.1) is 0 Å². The van der Waals surface area contributed by atoms with E-state index in [1.807, 2.05) is 24.3 Å². The van der Waals surface area contributed by atoms with Crippen LogP contribution in [0.4, 0.5) is 17.1 Å². The van der Waals surface area contributed by atoms with Gasteiger partial charge < -0.3 is 16.8 Å². The molecule has 100 valence electrons. The van der Waals surface area contributed by atoms with Crippen LogP contribution in [0.15, 0.2) is 36.4 Å². The topological polar surface area (TPSA) is 64.1 Å². The molecule has 0 saturated heterocycles. The van der Waals surface area contributed by atoms with E-state index >= 15 is 0 Å². The molecule has 2 aromatic carbocycles. The lowest BCUT2D eigenvalue weighted by Crippen LogP contribution is -2.04. The molecule has 2 aromatic rings. The zero-order valence-electron chi connectivity index (χ0n) is 11.5. The van der Waals surface area contributed by atoms with E-state index in [1.54, 1.807) is 0 Å². The summed E-state index contributed by atoms with van der Waals surface area (Å²) in [6, 6.07) is 12.0. The average molecular weight is 255 g/mol. The lowest BCUT2D eigenvalue weighted by atomic mass is 9.97. The molecule has 0 saturated carbocycles. The fourth-order valence-electron chi connectivity index (χ4n) is 2.32. The number of nitrogens with one attached hydrogen (secondary N) is 1. The first-order valence-corrected chi connectivity index (χ1v) is 6.68. The number of anilines is 3. The fourth-order valence-corrected chi connectivity index (χ4v) is 2.32. The highest BCUT2D eigenvalue weighted by atomic mass is 14.9. The Bertz CT molecular complexity index is 559. The molecule has 3 heteroatoms.